The van der Waals surface area contributed by atoms with Crippen molar-refractivity contribution in [3.05, 3.63) is 29.3 Å². The third-order valence-electron chi connectivity index (χ3n) is 4.55. The van der Waals surface area contributed by atoms with Crippen molar-refractivity contribution in [1.82, 2.24) is 10.2 Å². The molecule has 2 aliphatic rings. The van der Waals surface area contributed by atoms with Crippen molar-refractivity contribution in [3.63, 3.8) is 0 Å². The molecule has 0 bridgehead atoms. The maximum absolute atomic E-state index is 12.6. The van der Waals surface area contributed by atoms with Crippen LogP contribution in [0.15, 0.2) is 24.3 Å². The summed E-state index contributed by atoms with van der Waals surface area (Å²) in [5.41, 5.74) is 0.689. The van der Waals surface area contributed by atoms with Gasteiger partial charge >= 0.3 is 0 Å². The Labute approximate surface area is 135 Å². The van der Waals surface area contributed by atoms with Gasteiger partial charge in [-0.25, -0.2) is 0 Å². The van der Waals surface area contributed by atoms with Crippen LogP contribution >= 0.6 is 11.6 Å². The summed E-state index contributed by atoms with van der Waals surface area (Å²) in [6.07, 6.45) is 1.23. The van der Waals surface area contributed by atoms with Crippen LogP contribution in [0.4, 0.5) is 5.69 Å². The van der Waals surface area contributed by atoms with Gasteiger partial charge in [0.2, 0.25) is 11.8 Å². The van der Waals surface area contributed by atoms with Crippen molar-refractivity contribution in [2.45, 2.75) is 18.9 Å². The summed E-state index contributed by atoms with van der Waals surface area (Å²) in [5.74, 6) is -0.268. The fourth-order valence-electron chi connectivity index (χ4n) is 3.21. The number of halogens is 1. The average Bonchev–Trinajstić information content (AvgIpc) is 3.16. The summed E-state index contributed by atoms with van der Waals surface area (Å²) in [6, 6.07) is 7.49. The lowest BCUT2D eigenvalue weighted by molar-refractivity contribution is -0.136. The van der Waals surface area contributed by atoms with Gasteiger partial charge in [0, 0.05) is 32.6 Å². The molecule has 2 heterocycles. The minimum Gasteiger partial charge on any atom is -0.341 e. The summed E-state index contributed by atoms with van der Waals surface area (Å²) in [6.45, 7) is 2.18. The van der Waals surface area contributed by atoms with E-state index in [2.05, 4.69) is 5.32 Å². The van der Waals surface area contributed by atoms with Gasteiger partial charge in [-0.15, -0.1) is 0 Å². The number of amides is 2. The Morgan fingerprint density at radius 3 is 2.86 bits per heavy atom. The number of nitrogens with zero attached hydrogens (tertiary/aromatic N) is 2. The lowest BCUT2D eigenvalue weighted by atomic mass is 10.1. The van der Waals surface area contributed by atoms with Crippen molar-refractivity contribution in [2.24, 2.45) is 5.92 Å². The number of benzene rings is 1. The van der Waals surface area contributed by atoms with Gasteiger partial charge in [-0.2, -0.15) is 0 Å². The van der Waals surface area contributed by atoms with E-state index in [1.165, 1.54) is 0 Å². The third kappa shape index (κ3) is 2.83. The molecule has 22 heavy (non-hydrogen) atoms. The molecule has 0 unspecified atom stereocenters. The Hall–Kier alpha value is -1.59. The Morgan fingerprint density at radius 1 is 1.41 bits per heavy atom. The van der Waals surface area contributed by atoms with Crippen LogP contribution in [0.2, 0.25) is 5.02 Å². The van der Waals surface area contributed by atoms with Crippen molar-refractivity contribution < 1.29 is 9.59 Å². The molecule has 3 rings (SSSR count). The van der Waals surface area contributed by atoms with E-state index >= 15 is 0 Å². The number of carbonyl (C=O) groups excluding carboxylic acids is 2. The lowest BCUT2D eigenvalue weighted by Crippen LogP contribution is -2.42. The van der Waals surface area contributed by atoms with Crippen LogP contribution in [0.1, 0.15) is 12.8 Å². The van der Waals surface area contributed by atoms with Crippen LogP contribution in [0.5, 0.6) is 0 Å². The maximum atomic E-state index is 12.6. The summed E-state index contributed by atoms with van der Waals surface area (Å²) in [5, 5.41) is 3.80. The normalized spacial score (nSPS) is 24.8. The van der Waals surface area contributed by atoms with Gasteiger partial charge in [-0.3, -0.25) is 9.59 Å². The molecule has 2 fully saturated rings. The summed E-state index contributed by atoms with van der Waals surface area (Å²) >= 11 is 6.17. The molecule has 1 aromatic rings. The van der Waals surface area contributed by atoms with Crippen molar-refractivity contribution in [3.8, 4) is 0 Å². The van der Waals surface area contributed by atoms with Crippen LogP contribution in [0, 0.1) is 5.92 Å². The maximum Gasteiger partial charge on any atom is 0.228 e. The number of carbonyl (C=O) groups is 2. The highest BCUT2D eigenvalue weighted by Gasteiger charge is 2.38. The zero-order valence-electron chi connectivity index (χ0n) is 12.6. The van der Waals surface area contributed by atoms with Crippen molar-refractivity contribution in [1.29, 1.82) is 0 Å². The van der Waals surface area contributed by atoms with Gasteiger partial charge in [0.1, 0.15) is 0 Å². The molecular formula is C16H20ClN3O2. The molecule has 2 saturated heterocycles. The summed E-state index contributed by atoms with van der Waals surface area (Å²) in [7, 11) is 1.84. The largest absolute Gasteiger partial charge is 0.341 e. The first-order valence-electron chi connectivity index (χ1n) is 7.60. The first-order valence-corrected chi connectivity index (χ1v) is 7.98. The highest BCUT2D eigenvalue weighted by Crippen LogP contribution is 2.31. The quantitative estimate of drug-likeness (QED) is 0.918. The van der Waals surface area contributed by atoms with Gasteiger partial charge in [0.25, 0.3) is 0 Å². The van der Waals surface area contributed by atoms with Gasteiger partial charge in [-0.1, -0.05) is 23.7 Å². The van der Waals surface area contributed by atoms with Crippen LogP contribution in [0.3, 0.4) is 0 Å². The predicted octanol–water partition coefficient (Wildman–Crippen LogP) is 1.51. The molecule has 1 N–H and O–H groups in total. The molecule has 2 atom stereocenters. The van der Waals surface area contributed by atoms with Crippen molar-refractivity contribution in [2.75, 3.05) is 31.6 Å². The van der Waals surface area contributed by atoms with Crippen LogP contribution in [0.25, 0.3) is 0 Å². The molecule has 1 aromatic carbocycles. The Balaban J connectivity index is 1.71. The minimum absolute atomic E-state index is 0.0376. The van der Waals surface area contributed by atoms with E-state index in [9.17, 15) is 9.59 Å². The molecule has 2 amide bonds. The minimum atomic E-state index is -0.283. The smallest absolute Gasteiger partial charge is 0.228 e. The Bertz CT molecular complexity index is 587. The number of nitrogens with one attached hydrogen (secondary N) is 1. The van der Waals surface area contributed by atoms with E-state index in [0.29, 0.717) is 17.3 Å². The molecular weight excluding hydrogens is 302 g/mol. The predicted molar refractivity (Wildman–Crippen MR) is 86.0 cm³/mol. The van der Waals surface area contributed by atoms with E-state index in [1.807, 2.05) is 25.2 Å². The number of hydrogen-bond acceptors (Lipinski definition) is 3. The molecule has 2 aliphatic heterocycles. The second kappa shape index (κ2) is 6.26. The van der Waals surface area contributed by atoms with E-state index in [4.69, 9.17) is 11.6 Å². The fourth-order valence-corrected chi connectivity index (χ4v) is 3.45. The number of anilines is 1. The van der Waals surface area contributed by atoms with Gasteiger partial charge in [0.15, 0.2) is 0 Å². The van der Waals surface area contributed by atoms with Crippen LogP contribution in [-0.4, -0.2) is 49.4 Å². The molecule has 6 heteroatoms. The summed E-state index contributed by atoms with van der Waals surface area (Å²) in [4.78, 5) is 28.3. The molecule has 118 valence electrons. The number of likely N-dealkylation sites (N-methyl/N-ethyl adjacent to an activating group) is 1. The molecule has 0 saturated carbocycles. The first-order chi connectivity index (χ1) is 10.6. The molecule has 0 radical (unpaired) electrons. The fraction of sp³-hybridized carbons (Fsp3) is 0.500. The summed E-state index contributed by atoms with van der Waals surface area (Å²) < 4.78 is 0. The van der Waals surface area contributed by atoms with Crippen molar-refractivity contribution >= 4 is 29.1 Å². The highest BCUT2D eigenvalue weighted by atomic mass is 35.5. The number of para-hydroxylation sites is 1. The topological polar surface area (TPSA) is 52.7 Å². The zero-order chi connectivity index (χ0) is 15.7. The van der Waals surface area contributed by atoms with Gasteiger partial charge in [-0.05, 0) is 25.1 Å². The first kappa shape index (κ1) is 15.3. The van der Waals surface area contributed by atoms with Crippen LogP contribution in [-0.2, 0) is 9.59 Å². The molecule has 0 aliphatic carbocycles. The van der Waals surface area contributed by atoms with Gasteiger partial charge in [0.05, 0.1) is 16.6 Å². The monoisotopic (exact) mass is 321 g/mol. The molecule has 5 nitrogen and oxygen atoms in total. The van der Waals surface area contributed by atoms with E-state index in [-0.39, 0.29) is 30.2 Å². The van der Waals surface area contributed by atoms with Crippen LogP contribution < -0.4 is 10.2 Å². The number of hydrogen-bond donors (Lipinski definition) is 1. The number of rotatable bonds is 3. The van der Waals surface area contributed by atoms with Gasteiger partial charge < -0.3 is 15.1 Å². The third-order valence-corrected chi connectivity index (χ3v) is 4.87. The second-order valence-electron chi connectivity index (χ2n) is 5.95. The molecule has 0 aromatic heterocycles. The zero-order valence-corrected chi connectivity index (χ0v) is 13.3. The highest BCUT2D eigenvalue weighted by molar-refractivity contribution is 6.33. The van der Waals surface area contributed by atoms with E-state index in [0.717, 1.165) is 19.5 Å². The average molecular weight is 322 g/mol. The Kier molecular flexibility index (Phi) is 4.36. The SMILES string of the molecule is CN(C(=O)[C@@H]1CC(=O)N(c2ccccc2Cl)C1)[C@H]1CCNC1. The van der Waals surface area contributed by atoms with E-state index in [1.54, 1.807) is 15.9 Å². The Morgan fingerprint density at radius 2 is 2.18 bits per heavy atom. The molecule has 0 spiro atoms. The van der Waals surface area contributed by atoms with E-state index < -0.39 is 0 Å². The second-order valence-corrected chi connectivity index (χ2v) is 6.36. The lowest BCUT2D eigenvalue weighted by Gasteiger charge is -2.26. The standard InChI is InChI=1S/C16H20ClN3O2/c1-19(12-6-7-18-9-12)16(22)11-8-15(21)20(10-11)14-5-3-2-4-13(14)17/h2-5,11-12,18H,6-10H2,1H3/t11-,12+/m1/s1.